The quantitative estimate of drug-likeness (QED) is 0.0471. The van der Waals surface area contributed by atoms with E-state index in [4.69, 9.17) is 0 Å². The summed E-state index contributed by atoms with van der Waals surface area (Å²) in [5.41, 5.74) is 0. The number of allylic oxidation sites excluding steroid dienone is 4. The monoisotopic (exact) mass is 1010 g/mol. The number of ketones is 1. The van der Waals surface area contributed by atoms with Crippen LogP contribution in [0.3, 0.4) is 0 Å². The first kappa shape index (κ1) is 70.6. The normalized spacial score (nSPS) is 12.3. The molecule has 0 aromatic heterocycles. The lowest BCUT2D eigenvalue weighted by molar-refractivity contribution is -0.121. The van der Waals surface area contributed by atoms with Gasteiger partial charge in [0.2, 0.25) is 5.91 Å². The zero-order valence-corrected chi connectivity index (χ0v) is 49.4. The summed E-state index contributed by atoms with van der Waals surface area (Å²) < 4.78 is 0. The van der Waals surface area contributed by atoms with Crippen LogP contribution in [0.4, 0.5) is 0 Å². The molecule has 426 valence electrons. The Morgan fingerprint density at radius 2 is 0.569 bits per heavy atom. The molecular weight excluding hydrogens is 879 g/mol. The fraction of sp³-hybridized carbons (Fsp3) is 0.912. The minimum absolute atomic E-state index is 0.117. The van der Waals surface area contributed by atoms with Crippen LogP contribution in [0.1, 0.15) is 386 Å². The highest BCUT2D eigenvalue weighted by Gasteiger charge is 2.08. The van der Waals surface area contributed by atoms with Crippen LogP contribution < -0.4 is 5.32 Å². The zero-order valence-electron chi connectivity index (χ0n) is 49.4. The average molecular weight is 1010 g/mol. The number of amides is 1. The number of aliphatic hydroxyl groups excluding tert-OH is 1. The topological polar surface area (TPSA) is 66.4 Å². The summed E-state index contributed by atoms with van der Waals surface area (Å²) in [6, 6.07) is 0. The first-order valence-electron chi connectivity index (χ1n) is 33.4. The van der Waals surface area contributed by atoms with Crippen molar-refractivity contribution in [1.29, 1.82) is 0 Å². The Hall–Kier alpha value is -1.42. The minimum Gasteiger partial charge on any atom is -0.391 e. The lowest BCUT2D eigenvalue weighted by Crippen LogP contribution is -2.31. The zero-order chi connectivity index (χ0) is 52.0. The maximum absolute atomic E-state index is 12.3. The third-order valence-corrected chi connectivity index (χ3v) is 15.7. The van der Waals surface area contributed by atoms with Crippen LogP contribution in [0.2, 0.25) is 0 Å². The van der Waals surface area contributed by atoms with Crippen LogP contribution in [-0.2, 0) is 9.59 Å². The molecule has 0 aliphatic rings. The van der Waals surface area contributed by atoms with E-state index in [0.717, 1.165) is 57.8 Å². The molecule has 0 saturated carbocycles. The molecule has 72 heavy (non-hydrogen) atoms. The molecule has 0 aromatic rings. The van der Waals surface area contributed by atoms with Gasteiger partial charge in [0.15, 0.2) is 0 Å². The van der Waals surface area contributed by atoms with Crippen molar-refractivity contribution < 1.29 is 14.7 Å². The Morgan fingerprint density at radius 1 is 0.319 bits per heavy atom. The molecule has 0 fully saturated rings. The lowest BCUT2D eigenvalue weighted by atomic mass is 10.0. The molecule has 0 spiro atoms. The Balaban J connectivity index is 3.25. The molecule has 1 atom stereocenters. The van der Waals surface area contributed by atoms with Crippen LogP contribution in [0.5, 0.6) is 0 Å². The van der Waals surface area contributed by atoms with E-state index in [2.05, 4.69) is 43.5 Å². The van der Waals surface area contributed by atoms with E-state index in [-0.39, 0.29) is 5.91 Å². The summed E-state index contributed by atoms with van der Waals surface area (Å²) in [4.78, 5) is 24.5. The van der Waals surface area contributed by atoms with Gasteiger partial charge in [-0.05, 0) is 57.8 Å². The largest absolute Gasteiger partial charge is 0.391 e. The third kappa shape index (κ3) is 62.9. The summed E-state index contributed by atoms with van der Waals surface area (Å²) in [7, 11) is 0. The number of hydrogen-bond donors (Lipinski definition) is 2. The van der Waals surface area contributed by atoms with Gasteiger partial charge >= 0.3 is 0 Å². The van der Waals surface area contributed by atoms with E-state index in [1.54, 1.807) is 0 Å². The Kier molecular flexibility index (Phi) is 62.6. The van der Waals surface area contributed by atoms with Crippen molar-refractivity contribution in [2.45, 2.75) is 392 Å². The molecule has 0 heterocycles. The second-order valence-electron chi connectivity index (χ2n) is 23.1. The Labute approximate surface area is 452 Å². The van der Waals surface area contributed by atoms with Gasteiger partial charge in [-0.3, -0.25) is 9.59 Å². The number of aliphatic hydroxyl groups is 1. The molecule has 1 amide bonds. The Bertz CT molecular complexity index is 1100. The molecule has 0 saturated heterocycles. The van der Waals surface area contributed by atoms with Gasteiger partial charge in [-0.2, -0.15) is 0 Å². The van der Waals surface area contributed by atoms with Crippen LogP contribution in [0, 0.1) is 0 Å². The summed E-state index contributed by atoms with van der Waals surface area (Å²) >= 11 is 0. The van der Waals surface area contributed by atoms with Crippen LogP contribution >= 0.6 is 0 Å². The highest BCUT2D eigenvalue weighted by Crippen LogP contribution is 2.19. The van der Waals surface area contributed by atoms with Crippen molar-refractivity contribution in [1.82, 2.24) is 5.32 Å². The molecule has 0 aliphatic carbocycles. The molecule has 2 N–H and O–H groups in total. The lowest BCUT2D eigenvalue weighted by Gasteiger charge is -2.12. The number of hydrogen-bond acceptors (Lipinski definition) is 3. The molecule has 4 nitrogen and oxygen atoms in total. The van der Waals surface area contributed by atoms with E-state index in [9.17, 15) is 14.7 Å². The summed E-state index contributed by atoms with van der Waals surface area (Å²) in [6.07, 6.45) is 84.2. The highest BCUT2D eigenvalue weighted by atomic mass is 16.3. The maximum atomic E-state index is 12.3. The van der Waals surface area contributed by atoms with Gasteiger partial charge in [-0.25, -0.2) is 0 Å². The number of rotatable bonds is 63. The number of Topliss-reactive ketones (excluding diaryl/α,β-unsaturated/α-hetero) is 1. The average Bonchev–Trinajstić information content (AvgIpc) is 3.38. The number of nitrogens with one attached hydrogen (secondary N) is 1. The van der Waals surface area contributed by atoms with Gasteiger partial charge in [0.25, 0.3) is 0 Å². The first-order chi connectivity index (χ1) is 35.6. The predicted molar refractivity (Wildman–Crippen MR) is 321 cm³/mol. The van der Waals surface area contributed by atoms with Gasteiger partial charge in [0.1, 0.15) is 5.78 Å². The van der Waals surface area contributed by atoms with Gasteiger partial charge in [0.05, 0.1) is 6.10 Å². The van der Waals surface area contributed by atoms with Crippen molar-refractivity contribution in [2.75, 3.05) is 6.54 Å². The van der Waals surface area contributed by atoms with E-state index < -0.39 is 6.10 Å². The van der Waals surface area contributed by atoms with Crippen molar-refractivity contribution in [3.05, 3.63) is 24.3 Å². The molecule has 0 unspecified atom stereocenters. The fourth-order valence-corrected chi connectivity index (χ4v) is 10.6. The van der Waals surface area contributed by atoms with Crippen LogP contribution in [0.25, 0.3) is 0 Å². The Morgan fingerprint density at radius 3 is 0.903 bits per heavy atom. The van der Waals surface area contributed by atoms with Crippen LogP contribution in [0.15, 0.2) is 24.3 Å². The van der Waals surface area contributed by atoms with E-state index in [1.807, 2.05) is 0 Å². The fourth-order valence-electron chi connectivity index (χ4n) is 10.6. The van der Waals surface area contributed by atoms with Gasteiger partial charge in [0, 0.05) is 25.8 Å². The van der Waals surface area contributed by atoms with Gasteiger partial charge < -0.3 is 10.4 Å². The molecule has 0 radical (unpaired) electrons. The van der Waals surface area contributed by atoms with E-state index in [1.165, 1.54) is 308 Å². The standard InChI is InChI=1S/C68H131NO3/c1-3-5-7-9-11-13-15-17-19-34-39-43-47-51-55-59-63-67(71)65-69-68(72)64-60-56-52-48-44-40-36-32-30-28-26-24-22-20-21-23-25-27-29-31-35-38-42-46-50-54-58-62-66(70)61-57-53-49-45-41-37-33-18-16-14-12-10-8-6-4-2/h12,14,18,33,67,71H,3-11,13,15-17,19-32,34-65H2,1-2H3,(H,69,72)/t67-/m1/s1. The molecule has 0 aliphatic heterocycles. The predicted octanol–water partition coefficient (Wildman–Crippen LogP) is 22.8. The maximum Gasteiger partial charge on any atom is 0.220 e. The van der Waals surface area contributed by atoms with Crippen molar-refractivity contribution >= 4 is 11.7 Å². The van der Waals surface area contributed by atoms with Crippen molar-refractivity contribution in [2.24, 2.45) is 0 Å². The SMILES string of the molecule is CCCCCC=CCC=CCCCCCCCC(=O)CCCCCCCCCCCCCCCCCCCCCCCCCCCCCC(=O)NC[C@H](O)CCCCCCCCCCCCCCCCCC. The highest BCUT2D eigenvalue weighted by molar-refractivity contribution is 5.78. The van der Waals surface area contributed by atoms with Gasteiger partial charge in [-0.1, -0.05) is 334 Å². The molecular formula is C68H131NO3. The third-order valence-electron chi connectivity index (χ3n) is 15.7. The minimum atomic E-state index is -0.392. The van der Waals surface area contributed by atoms with Gasteiger partial charge in [-0.15, -0.1) is 0 Å². The molecule has 0 rings (SSSR count). The van der Waals surface area contributed by atoms with E-state index in [0.29, 0.717) is 18.7 Å². The second-order valence-corrected chi connectivity index (χ2v) is 23.1. The smallest absolute Gasteiger partial charge is 0.220 e. The van der Waals surface area contributed by atoms with Crippen molar-refractivity contribution in [3.63, 3.8) is 0 Å². The number of carbonyl (C=O) groups excluding carboxylic acids is 2. The molecule has 0 aromatic carbocycles. The summed E-state index contributed by atoms with van der Waals surface area (Å²) in [5.74, 6) is 0.624. The van der Waals surface area contributed by atoms with E-state index >= 15 is 0 Å². The molecule has 0 bridgehead atoms. The second kappa shape index (κ2) is 63.9. The first-order valence-corrected chi connectivity index (χ1v) is 33.4. The number of unbranched alkanes of at least 4 members (excludes halogenated alkanes) is 49. The summed E-state index contributed by atoms with van der Waals surface area (Å²) in [6.45, 7) is 4.97. The summed E-state index contributed by atoms with van der Waals surface area (Å²) in [5, 5.41) is 13.3. The molecule has 4 heteroatoms. The van der Waals surface area contributed by atoms with Crippen molar-refractivity contribution in [3.8, 4) is 0 Å². The van der Waals surface area contributed by atoms with Crippen LogP contribution in [-0.4, -0.2) is 29.4 Å². The number of carbonyl (C=O) groups is 2.